The first-order chi connectivity index (χ1) is 13.6. The van der Waals surface area contributed by atoms with Crippen LogP contribution < -0.4 is 14.9 Å². The Kier molecular flexibility index (Phi) is 8.85. The first kappa shape index (κ1) is 21.3. The van der Waals surface area contributed by atoms with E-state index in [0.29, 0.717) is 24.7 Å². The van der Waals surface area contributed by atoms with E-state index in [4.69, 9.17) is 14.6 Å². The molecule has 0 spiro atoms. The van der Waals surface area contributed by atoms with Crippen LogP contribution in [0, 0.1) is 0 Å². The lowest BCUT2D eigenvalue weighted by Gasteiger charge is -2.12. The van der Waals surface area contributed by atoms with E-state index in [1.165, 1.54) is 31.4 Å². The van der Waals surface area contributed by atoms with E-state index in [-0.39, 0.29) is 5.56 Å². The van der Waals surface area contributed by atoms with Gasteiger partial charge in [0.15, 0.2) is 11.5 Å². The molecule has 6 nitrogen and oxygen atoms in total. The van der Waals surface area contributed by atoms with Gasteiger partial charge in [-0.1, -0.05) is 26.2 Å². The molecule has 2 aromatic rings. The highest BCUT2D eigenvalue weighted by Crippen LogP contribution is 2.28. The third-order valence-corrected chi connectivity index (χ3v) is 4.06. The summed E-state index contributed by atoms with van der Waals surface area (Å²) in [6.07, 6.45) is 6.31. The van der Waals surface area contributed by atoms with Crippen LogP contribution in [0.2, 0.25) is 0 Å². The second kappa shape index (κ2) is 11.6. The molecule has 150 valence electrons. The zero-order valence-corrected chi connectivity index (χ0v) is 16.5. The average molecular weight is 384 g/mol. The van der Waals surface area contributed by atoms with Gasteiger partial charge >= 0.3 is 5.97 Å². The topological polar surface area (TPSA) is 80.2 Å². The Morgan fingerprint density at radius 3 is 2.50 bits per heavy atom. The molecule has 0 bridgehead atoms. The van der Waals surface area contributed by atoms with Crippen LogP contribution in [0.3, 0.4) is 0 Å². The lowest BCUT2D eigenvalue weighted by atomic mass is 10.2. The number of ether oxygens (including phenoxy) is 2. The molecule has 28 heavy (non-hydrogen) atoms. The summed E-state index contributed by atoms with van der Waals surface area (Å²) in [7, 11) is 0. The van der Waals surface area contributed by atoms with Crippen molar-refractivity contribution in [3.05, 3.63) is 53.6 Å². The van der Waals surface area contributed by atoms with Crippen molar-refractivity contribution < 1.29 is 19.4 Å². The van der Waals surface area contributed by atoms with Gasteiger partial charge in [-0.2, -0.15) is 5.10 Å². The summed E-state index contributed by atoms with van der Waals surface area (Å²) < 4.78 is 11.6. The van der Waals surface area contributed by atoms with Crippen molar-refractivity contribution in [2.24, 2.45) is 5.10 Å². The third kappa shape index (κ3) is 6.95. The monoisotopic (exact) mass is 384 g/mol. The molecule has 0 aliphatic carbocycles. The minimum Gasteiger partial charge on any atom is -0.490 e. The molecule has 2 N–H and O–H groups in total. The highest BCUT2D eigenvalue weighted by Gasteiger charge is 2.06. The first-order valence-corrected chi connectivity index (χ1v) is 9.66. The summed E-state index contributed by atoms with van der Waals surface area (Å²) in [4.78, 5) is 10.9. The number of aromatic carboxylic acids is 1. The fraction of sp³-hybridized carbons (Fsp3) is 0.364. The number of hydrogen-bond acceptors (Lipinski definition) is 5. The zero-order valence-electron chi connectivity index (χ0n) is 16.5. The summed E-state index contributed by atoms with van der Waals surface area (Å²) >= 11 is 0. The highest BCUT2D eigenvalue weighted by molar-refractivity contribution is 5.88. The van der Waals surface area contributed by atoms with E-state index in [2.05, 4.69) is 17.5 Å². The summed E-state index contributed by atoms with van der Waals surface area (Å²) in [5, 5.41) is 13.1. The molecule has 0 amide bonds. The number of anilines is 1. The van der Waals surface area contributed by atoms with Crippen molar-refractivity contribution in [1.29, 1.82) is 0 Å². The van der Waals surface area contributed by atoms with Gasteiger partial charge in [-0.3, -0.25) is 5.43 Å². The van der Waals surface area contributed by atoms with Gasteiger partial charge in [-0.05, 0) is 61.4 Å². The molecule has 0 fully saturated rings. The van der Waals surface area contributed by atoms with Gasteiger partial charge in [-0.15, -0.1) is 0 Å². The summed E-state index contributed by atoms with van der Waals surface area (Å²) in [6.45, 7) is 5.37. The zero-order chi connectivity index (χ0) is 20.2. The molecule has 0 radical (unpaired) electrons. The van der Waals surface area contributed by atoms with Gasteiger partial charge < -0.3 is 14.6 Å². The van der Waals surface area contributed by atoms with Crippen LogP contribution in [0.5, 0.6) is 11.5 Å². The molecule has 2 aromatic carbocycles. The Hall–Kier alpha value is -3.02. The van der Waals surface area contributed by atoms with Gasteiger partial charge in [0, 0.05) is 0 Å². The third-order valence-electron chi connectivity index (χ3n) is 4.06. The van der Waals surface area contributed by atoms with Crippen LogP contribution in [0.4, 0.5) is 5.69 Å². The number of hydrogen-bond donors (Lipinski definition) is 2. The number of nitrogens with one attached hydrogen (secondary N) is 1. The number of carboxylic acids is 1. The molecular formula is C22H28N2O4. The van der Waals surface area contributed by atoms with Crippen molar-refractivity contribution in [1.82, 2.24) is 0 Å². The van der Waals surface area contributed by atoms with Crippen LogP contribution in [0.1, 0.15) is 55.5 Å². The maximum Gasteiger partial charge on any atom is 0.335 e. The lowest BCUT2D eigenvalue weighted by molar-refractivity contribution is 0.0697. The highest BCUT2D eigenvalue weighted by atomic mass is 16.5. The number of unbranched alkanes of at least 4 members (excludes halogenated alkanes) is 3. The van der Waals surface area contributed by atoms with Crippen LogP contribution >= 0.6 is 0 Å². The Morgan fingerprint density at radius 2 is 1.82 bits per heavy atom. The van der Waals surface area contributed by atoms with E-state index >= 15 is 0 Å². The Balaban J connectivity index is 1.95. The second-order valence-electron chi connectivity index (χ2n) is 6.30. The van der Waals surface area contributed by atoms with E-state index in [0.717, 1.165) is 17.7 Å². The molecule has 0 aliphatic heterocycles. The van der Waals surface area contributed by atoms with E-state index < -0.39 is 5.97 Å². The number of benzene rings is 2. The van der Waals surface area contributed by atoms with Gasteiger partial charge in [0.1, 0.15) is 0 Å². The molecule has 0 heterocycles. The Labute approximate surface area is 166 Å². The van der Waals surface area contributed by atoms with Crippen molar-refractivity contribution in [3.8, 4) is 11.5 Å². The fourth-order valence-electron chi connectivity index (χ4n) is 2.57. The SMILES string of the molecule is CCCCCCOc1ccc(/C=N/Nc2ccc(C(=O)O)cc2)cc1OCC. The number of carboxylic acid groups (broad SMARTS) is 1. The van der Waals surface area contributed by atoms with E-state index in [1.54, 1.807) is 18.3 Å². The van der Waals surface area contributed by atoms with Crippen molar-refractivity contribution in [2.75, 3.05) is 18.6 Å². The number of nitrogens with zero attached hydrogens (tertiary/aromatic N) is 1. The van der Waals surface area contributed by atoms with Crippen molar-refractivity contribution in [2.45, 2.75) is 39.5 Å². The molecule has 0 atom stereocenters. The molecule has 6 heteroatoms. The van der Waals surface area contributed by atoms with Crippen LogP contribution in [-0.2, 0) is 0 Å². The second-order valence-corrected chi connectivity index (χ2v) is 6.30. The molecule has 0 saturated carbocycles. The van der Waals surface area contributed by atoms with Gasteiger partial charge in [0.05, 0.1) is 30.7 Å². The molecule has 2 rings (SSSR count). The van der Waals surface area contributed by atoms with Crippen LogP contribution in [0.15, 0.2) is 47.6 Å². The molecule has 0 saturated heterocycles. The Morgan fingerprint density at radius 1 is 1.04 bits per heavy atom. The smallest absolute Gasteiger partial charge is 0.335 e. The average Bonchev–Trinajstić information content (AvgIpc) is 2.70. The number of carbonyl (C=O) groups is 1. The van der Waals surface area contributed by atoms with Gasteiger partial charge in [-0.25, -0.2) is 4.79 Å². The van der Waals surface area contributed by atoms with Gasteiger partial charge in [0.2, 0.25) is 0 Å². The maximum absolute atomic E-state index is 10.9. The quantitative estimate of drug-likeness (QED) is 0.299. The number of hydrazone groups is 1. The van der Waals surface area contributed by atoms with Gasteiger partial charge in [0.25, 0.3) is 0 Å². The predicted octanol–water partition coefficient (Wildman–Crippen LogP) is 5.19. The molecule has 0 unspecified atom stereocenters. The lowest BCUT2D eigenvalue weighted by Crippen LogP contribution is -2.02. The van der Waals surface area contributed by atoms with E-state index in [1.807, 2.05) is 25.1 Å². The first-order valence-electron chi connectivity index (χ1n) is 9.66. The summed E-state index contributed by atoms with van der Waals surface area (Å²) in [5.74, 6) is 0.492. The normalized spacial score (nSPS) is 10.8. The molecule has 0 aliphatic rings. The maximum atomic E-state index is 10.9. The van der Waals surface area contributed by atoms with Crippen LogP contribution in [-0.4, -0.2) is 30.5 Å². The minimum atomic E-state index is -0.953. The minimum absolute atomic E-state index is 0.237. The standard InChI is InChI=1S/C22H28N2O4/c1-3-5-6-7-14-28-20-13-8-17(15-21(20)27-4-2)16-23-24-19-11-9-18(10-12-19)22(25)26/h8-13,15-16,24H,3-7,14H2,1-2H3,(H,25,26)/b23-16+. The van der Waals surface area contributed by atoms with Crippen LogP contribution in [0.25, 0.3) is 0 Å². The Bertz CT molecular complexity index is 773. The predicted molar refractivity (Wildman–Crippen MR) is 112 cm³/mol. The summed E-state index contributed by atoms with van der Waals surface area (Å²) in [5.41, 5.74) is 4.70. The molecule has 0 aromatic heterocycles. The van der Waals surface area contributed by atoms with E-state index in [9.17, 15) is 4.79 Å². The van der Waals surface area contributed by atoms with Crippen molar-refractivity contribution >= 4 is 17.9 Å². The fourth-order valence-corrected chi connectivity index (χ4v) is 2.57. The largest absolute Gasteiger partial charge is 0.490 e. The molecular weight excluding hydrogens is 356 g/mol. The number of rotatable bonds is 12. The van der Waals surface area contributed by atoms with Crippen molar-refractivity contribution in [3.63, 3.8) is 0 Å². The summed E-state index contributed by atoms with van der Waals surface area (Å²) in [6, 6.07) is 12.1.